The van der Waals surface area contributed by atoms with Crippen LogP contribution in [-0.4, -0.2) is 53.9 Å². The van der Waals surface area contributed by atoms with Gasteiger partial charge in [0.15, 0.2) is 11.5 Å². The van der Waals surface area contributed by atoms with Crippen molar-refractivity contribution in [2.45, 2.75) is 13.8 Å². The monoisotopic (exact) mass is 446 g/mol. The number of amides is 2. The lowest BCUT2D eigenvalue weighted by Crippen LogP contribution is -2.50. The third kappa shape index (κ3) is 4.77. The van der Waals surface area contributed by atoms with Crippen molar-refractivity contribution in [2.24, 2.45) is 0 Å². The number of rotatable bonds is 4. The Morgan fingerprint density at radius 1 is 0.879 bits per heavy atom. The fourth-order valence-corrected chi connectivity index (χ4v) is 3.88. The van der Waals surface area contributed by atoms with E-state index in [1.54, 1.807) is 17.0 Å². The maximum Gasteiger partial charge on any atom is 0.321 e. The number of hydrogen-bond acceptors (Lipinski definition) is 7. The van der Waals surface area contributed by atoms with Gasteiger partial charge < -0.3 is 29.9 Å². The van der Waals surface area contributed by atoms with Gasteiger partial charge >= 0.3 is 6.03 Å². The predicted molar refractivity (Wildman–Crippen MR) is 127 cm³/mol. The number of carbonyl (C=O) groups is 1. The molecule has 0 bridgehead atoms. The first kappa shape index (κ1) is 20.9. The fraction of sp³-hybridized carbons (Fsp3) is 0.292. The quantitative estimate of drug-likeness (QED) is 0.628. The van der Waals surface area contributed by atoms with Gasteiger partial charge in [0.2, 0.25) is 6.79 Å². The molecule has 0 aliphatic carbocycles. The summed E-state index contributed by atoms with van der Waals surface area (Å²) in [4.78, 5) is 25.9. The van der Waals surface area contributed by atoms with Crippen LogP contribution in [0.3, 0.4) is 0 Å². The summed E-state index contributed by atoms with van der Waals surface area (Å²) in [5.41, 5.74) is 2.88. The minimum atomic E-state index is -0.130. The Balaban J connectivity index is 1.20. The van der Waals surface area contributed by atoms with Gasteiger partial charge in [-0.05, 0) is 38.1 Å². The van der Waals surface area contributed by atoms with E-state index < -0.39 is 0 Å². The Labute approximate surface area is 192 Å². The number of hydrogen-bond donors (Lipinski definition) is 2. The number of ether oxygens (including phenoxy) is 2. The van der Waals surface area contributed by atoms with Crippen molar-refractivity contribution in [3.8, 4) is 11.5 Å². The molecular weight excluding hydrogens is 420 g/mol. The van der Waals surface area contributed by atoms with Crippen molar-refractivity contribution >= 4 is 29.0 Å². The Morgan fingerprint density at radius 3 is 2.39 bits per heavy atom. The van der Waals surface area contributed by atoms with E-state index in [4.69, 9.17) is 9.47 Å². The second kappa shape index (κ2) is 8.85. The molecule has 33 heavy (non-hydrogen) atoms. The van der Waals surface area contributed by atoms with E-state index in [1.807, 2.05) is 31.2 Å². The smallest absolute Gasteiger partial charge is 0.321 e. The van der Waals surface area contributed by atoms with E-state index in [0.29, 0.717) is 49.2 Å². The van der Waals surface area contributed by atoms with Crippen molar-refractivity contribution in [3.05, 3.63) is 59.9 Å². The highest BCUT2D eigenvalue weighted by Gasteiger charge is 2.23. The first-order valence-corrected chi connectivity index (χ1v) is 10.9. The number of anilines is 4. The topological polar surface area (TPSA) is 91.9 Å². The highest BCUT2D eigenvalue weighted by molar-refractivity contribution is 5.90. The molecule has 170 valence electrons. The lowest BCUT2D eigenvalue weighted by atomic mass is 10.2. The number of nitrogens with zero attached hydrogens (tertiary/aromatic N) is 4. The minimum absolute atomic E-state index is 0.130. The van der Waals surface area contributed by atoms with Crippen LogP contribution in [0.25, 0.3) is 0 Å². The lowest BCUT2D eigenvalue weighted by Gasteiger charge is -2.35. The Hall–Kier alpha value is -4.01. The van der Waals surface area contributed by atoms with Gasteiger partial charge in [0.1, 0.15) is 17.5 Å². The molecule has 0 unspecified atom stereocenters. The molecule has 9 nitrogen and oxygen atoms in total. The number of nitrogens with one attached hydrogen (secondary N) is 2. The number of fused-ring (bicyclic) bond motifs is 1. The van der Waals surface area contributed by atoms with Gasteiger partial charge in [-0.25, -0.2) is 14.8 Å². The van der Waals surface area contributed by atoms with Crippen molar-refractivity contribution in [2.75, 3.05) is 48.5 Å². The summed E-state index contributed by atoms with van der Waals surface area (Å²) in [6.07, 6.45) is 0. The summed E-state index contributed by atoms with van der Waals surface area (Å²) in [7, 11) is 0. The second-order valence-corrected chi connectivity index (χ2v) is 8.12. The zero-order valence-corrected chi connectivity index (χ0v) is 18.7. The van der Waals surface area contributed by atoms with Gasteiger partial charge in [-0.2, -0.15) is 0 Å². The molecule has 1 saturated heterocycles. The SMILES string of the molecule is Cc1ccc(Nc2cc(N3CCN(C(=O)Nc4ccc5c(c4)OCO5)CC3)nc(C)n2)cc1. The molecule has 0 saturated carbocycles. The van der Waals surface area contributed by atoms with Crippen LogP contribution < -0.4 is 25.0 Å². The summed E-state index contributed by atoms with van der Waals surface area (Å²) in [5, 5.41) is 6.29. The number of urea groups is 1. The van der Waals surface area contributed by atoms with Gasteiger partial charge in [-0.3, -0.25) is 0 Å². The maximum absolute atomic E-state index is 12.7. The Bertz CT molecular complexity index is 1160. The molecule has 3 heterocycles. The molecule has 1 fully saturated rings. The van der Waals surface area contributed by atoms with Crippen LogP contribution in [0.15, 0.2) is 48.5 Å². The fourth-order valence-electron chi connectivity index (χ4n) is 3.88. The molecule has 0 spiro atoms. The zero-order chi connectivity index (χ0) is 22.8. The number of carbonyl (C=O) groups excluding carboxylic acids is 1. The van der Waals surface area contributed by atoms with E-state index >= 15 is 0 Å². The molecule has 5 rings (SSSR count). The summed E-state index contributed by atoms with van der Waals surface area (Å²) in [6, 6.07) is 15.4. The Morgan fingerprint density at radius 2 is 1.61 bits per heavy atom. The van der Waals surface area contributed by atoms with Crippen LogP contribution in [0, 0.1) is 13.8 Å². The van der Waals surface area contributed by atoms with Gasteiger partial charge in [0.05, 0.1) is 0 Å². The van der Waals surface area contributed by atoms with E-state index in [2.05, 4.69) is 44.6 Å². The first-order chi connectivity index (χ1) is 16.0. The molecule has 2 N–H and O–H groups in total. The first-order valence-electron chi connectivity index (χ1n) is 10.9. The largest absolute Gasteiger partial charge is 0.454 e. The third-order valence-corrected chi connectivity index (χ3v) is 5.66. The molecule has 1 aromatic heterocycles. The van der Waals surface area contributed by atoms with Crippen LogP contribution in [0.2, 0.25) is 0 Å². The van der Waals surface area contributed by atoms with Gasteiger partial charge in [-0.15, -0.1) is 0 Å². The lowest BCUT2D eigenvalue weighted by molar-refractivity contribution is 0.174. The Kier molecular flexibility index (Phi) is 5.60. The summed E-state index contributed by atoms with van der Waals surface area (Å²) in [6.45, 7) is 6.73. The molecule has 9 heteroatoms. The normalized spacial score (nSPS) is 14.8. The van der Waals surface area contributed by atoms with Gasteiger partial charge in [-0.1, -0.05) is 17.7 Å². The molecule has 0 radical (unpaired) electrons. The number of aryl methyl sites for hydroxylation is 2. The van der Waals surface area contributed by atoms with Crippen molar-refractivity contribution in [1.82, 2.24) is 14.9 Å². The molecule has 3 aromatic rings. The summed E-state index contributed by atoms with van der Waals surface area (Å²) in [5.74, 6) is 3.65. The number of aromatic nitrogens is 2. The average molecular weight is 447 g/mol. The van der Waals surface area contributed by atoms with Gasteiger partial charge in [0, 0.05) is 49.7 Å². The van der Waals surface area contributed by atoms with Crippen LogP contribution in [0.1, 0.15) is 11.4 Å². The molecule has 2 aliphatic rings. The predicted octanol–water partition coefficient (Wildman–Crippen LogP) is 3.92. The standard InChI is InChI=1S/C24H26N6O3/c1-16-3-5-18(6-4-16)27-22-14-23(26-17(2)25-22)29-9-11-30(12-10-29)24(31)28-19-7-8-20-21(13-19)33-15-32-20/h3-8,13-14H,9-12,15H2,1-2H3,(H,28,31)(H,25,26,27). The van der Waals surface area contributed by atoms with Crippen LogP contribution in [0.4, 0.5) is 27.8 Å². The average Bonchev–Trinajstić information content (AvgIpc) is 3.28. The molecule has 2 amide bonds. The minimum Gasteiger partial charge on any atom is -0.454 e. The van der Waals surface area contributed by atoms with Crippen molar-refractivity contribution in [3.63, 3.8) is 0 Å². The van der Waals surface area contributed by atoms with E-state index in [0.717, 1.165) is 17.3 Å². The summed E-state index contributed by atoms with van der Waals surface area (Å²) >= 11 is 0. The van der Waals surface area contributed by atoms with E-state index in [-0.39, 0.29) is 12.8 Å². The highest BCUT2D eigenvalue weighted by atomic mass is 16.7. The van der Waals surface area contributed by atoms with Gasteiger partial charge in [0.25, 0.3) is 0 Å². The van der Waals surface area contributed by atoms with Crippen molar-refractivity contribution in [1.29, 1.82) is 0 Å². The molecule has 2 aromatic carbocycles. The highest BCUT2D eigenvalue weighted by Crippen LogP contribution is 2.34. The van der Waals surface area contributed by atoms with Crippen LogP contribution in [-0.2, 0) is 0 Å². The second-order valence-electron chi connectivity index (χ2n) is 8.12. The molecule has 0 atom stereocenters. The maximum atomic E-state index is 12.7. The zero-order valence-electron chi connectivity index (χ0n) is 18.7. The van der Waals surface area contributed by atoms with Crippen LogP contribution >= 0.6 is 0 Å². The number of benzene rings is 2. The van der Waals surface area contributed by atoms with E-state index in [9.17, 15) is 4.79 Å². The van der Waals surface area contributed by atoms with Crippen LogP contribution in [0.5, 0.6) is 11.5 Å². The van der Waals surface area contributed by atoms with E-state index in [1.165, 1.54) is 5.56 Å². The molecule has 2 aliphatic heterocycles. The molecular formula is C24H26N6O3. The third-order valence-electron chi connectivity index (χ3n) is 5.66. The summed E-state index contributed by atoms with van der Waals surface area (Å²) < 4.78 is 10.7. The number of piperazine rings is 1. The van der Waals surface area contributed by atoms with Crippen molar-refractivity contribution < 1.29 is 14.3 Å².